The van der Waals surface area contributed by atoms with E-state index in [9.17, 15) is 4.79 Å². The molecule has 0 bridgehead atoms. The van der Waals surface area contributed by atoms with Crippen molar-refractivity contribution in [1.29, 1.82) is 0 Å². The van der Waals surface area contributed by atoms with E-state index in [1.807, 2.05) is 0 Å². The summed E-state index contributed by atoms with van der Waals surface area (Å²) in [7, 11) is 0. The van der Waals surface area contributed by atoms with Crippen LogP contribution in [-0.4, -0.2) is 62.3 Å². The highest BCUT2D eigenvalue weighted by molar-refractivity contribution is 5.78. The molecule has 2 aliphatic heterocycles. The van der Waals surface area contributed by atoms with Gasteiger partial charge in [-0.2, -0.15) is 0 Å². The highest BCUT2D eigenvalue weighted by atomic mass is 16.5. The van der Waals surface area contributed by atoms with Gasteiger partial charge in [-0.15, -0.1) is 0 Å². The average molecular weight is 309 g/mol. The number of hydrogen-bond donors (Lipinski definition) is 2. The van der Waals surface area contributed by atoms with Gasteiger partial charge < -0.3 is 15.4 Å². The zero-order valence-electron chi connectivity index (χ0n) is 13.7. The van der Waals surface area contributed by atoms with Crippen LogP contribution < -0.4 is 10.6 Å². The van der Waals surface area contributed by atoms with Crippen molar-refractivity contribution in [2.45, 2.75) is 50.5 Å². The van der Waals surface area contributed by atoms with Crippen molar-refractivity contribution in [3.8, 4) is 0 Å². The molecule has 0 aromatic carbocycles. The number of morpholine rings is 1. The molecule has 1 saturated carbocycles. The third-order valence-corrected chi connectivity index (χ3v) is 5.77. The van der Waals surface area contributed by atoms with Gasteiger partial charge in [0, 0.05) is 31.1 Å². The van der Waals surface area contributed by atoms with Crippen LogP contribution >= 0.6 is 0 Å². The fraction of sp³-hybridized carbons (Fsp3) is 0.941. The quantitative estimate of drug-likeness (QED) is 0.818. The molecule has 0 aromatic heterocycles. The van der Waals surface area contributed by atoms with Gasteiger partial charge in [0.05, 0.1) is 13.2 Å². The smallest absolute Gasteiger partial charge is 0.223 e. The SMILES string of the molecule is O=C(NCC1(N2CCOCC2)CCCCC1)C1CCNCC1. The van der Waals surface area contributed by atoms with Crippen LogP contribution in [0.5, 0.6) is 0 Å². The zero-order chi connectivity index (χ0) is 15.3. The maximum absolute atomic E-state index is 12.5. The first kappa shape index (κ1) is 16.2. The van der Waals surface area contributed by atoms with E-state index in [4.69, 9.17) is 4.74 Å². The van der Waals surface area contributed by atoms with E-state index in [2.05, 4.69) is 15.5 Å². The van der Waals surface area contributed by atoms with E-state index in [-0.39, 0.29) is 17.4 Å². The van der Waals surface area contributed by atoms with Gasteiger partial charge in [0.25, 0.3) is 0 Å². The summed E-state index contributed by atoms with van der Waals surface area (Å²) in [6.07, 6.45) is 8.33. The molecule has 0 aromatic rings. The van der Waals surface area contributed by atoms with Gasteiger partial charge in [-0.1, -0.05) is 19.3 Å². The summed E-state index contributed by atoms with van der Waals surface area (Å²) in [6, 6.07) is 0. The minimum absolute atomic E-state index is 0.185. The van der Waals surface area contributed by atoms with Crippen molar-refractivity contribution in [3.05, 3.63) is 0 Å². The molecule has 2 heterocycles. The molecular formula is C17H31N3O2. The van der Waals surface area contributed by atoms with Crippen LogP contribution in [0.15, 0.2) is 0 Å². The van der Waals surface area contributed by atoms with Crippen LogP contribution in [0.25, 0.3) is 0 Å². The van der Waals surface area contributed by atoms with Gasteiger partial charge in [0.2, 0.25) is 5.91 Å². The predicted octanol–water partition coefficient (Wildman–Crippen LogP) is 1.14. The Morgan fingerprint density at radius 2 is 1.82 bits per heavy atom. The molecule has 2 saturated heterocycles. The Balaban J connectivity index is 1.58. The molecule has 5 heteroatoms. The van der Waals surface area contributed by atoms with Crippen molar-refractivity contribution < 1.29 is 9.53 Å². The molecule has 0 radical (unpaired) electrons. The maximum atomic E-state index is 12.5. The average Bonchev–Trinajstić information content (AvgIpc) is 2.62. The van der Waals surface area contributed by atoms with E-state index < -0.39 is 0 Å². The number of rotatable bonds is 4. The van der Waals surface area contributed by atoms with Crippen molar-refractivity contribution >= 4 is 5.91 Å². The highest BCUT2D eigenvalue weighted by Gasteiger charge is 2.39. The Labute approximate surface area is 134 Å². The van der Waals surface area contributed by atoms with Crippen molar-refractivity contribution in [2.75, 3.05) is 45.9 Å². The van der Waals surface area contributed by atoms with Crippen molar-refractivity contribution in [3.63, 3.8) is 0 Å². The second-order valence-corrected chi connectivity index (χ2v) is 7.13. The molecule has 0 atom stereocenters. The number of nitrogens with zero attached hydrogens (tertiary/aromatic N) is 1. The van der Waals surface area contributed by atoms with E-state index in [1.54, 1.807) is 0 Å². The second-order valence-electron chi connectivity index (χ2n) is 7.13. The van der Waals surface area contributed by atoms with Crippen molar-refractivity contribution in [2.24, 2.45) is 5.92 Å². The van der Waals surface area contributed by atoms with Crippen LogP contribution in [0.4, 0.5) is 0 Å². The summed E-state index contributed by atoms with van der Waals surface area (Å²) in [4.78, 5) is 15.1. The standard InChI is InChI=1S/C17H31N3O2/c21-16(15-4-8-18-9-5-15)19-14-17(6-2-1-3-7-17)20-10-12-22-13-11-20/h15,18H,1-14H2,(H,19,21). The third kappa shape index (κ3) is 3.81. The number of carbonyl (C=O) groups is 1. The maximum Gasteiger partial charge on any atom is 0.223 e. The first-order valence-corrected chi connectivity index (χ1v) is 9.11. The number of carbonyl (C=O) groups excluding carboxylic acids is 1. The number of ether oxygens (including phenoxy) is 1. The first-order chi connectivity index (χ1) is 10.8. The molecule has 1 aliphatic carbocycles. The van der Waals surface area contributed by atoms with Gasteiger partial charge >= 0.3 is 0 Å². The lowest BCUT2D eigenvalue weighted by molar-refractivity contribution is -0.127. The molecule has 1 amide bonds. The Morgan fingerprint density at radius 3 is 2.50 bits per heavy atom. The molecule has 2 N–H and O–H groups in total. The third-order valence-electron chi connectivity index (χ3n) is 5.77. The monoisotopic (exact) mass is 309 g/mol. The van der Waals surface area contributed by atoms with Gasteiger partial charge in [-0.05, 0) is 38.8 Å². The topological polar surface area (TPSA) is 53.6 Å². The number of hydrogen-bond acceptors (Lipinski definition) is 4. The minimum atomic E-state index is 0.185. The molecule has 126 valence electrons. The van der Waals surface area contributed by atoms with Crippen LogP contribution in [0, 0.1) is 5.92 Å². The highest BCUT2D eigenvalue weighted by Crippen LogP contribution is 2.34. The predicted molar refractivity (Wildman–Crippen MR) is 86.8 cm³/mol. The second kappa shape index (κ2) is 7.75. The summed E-state index contributed by atoms with van der Waals surface area (Å²) >= 11 is 0. The molecule has 0 spiro atoms. The van der Waals surface area contributed by atoms with E-state index >= 15 is 0 Å². The van der Waals surface area contributed by atoms with E-state index in [1.165, 1.54) is 32.1 Å². The summed E-state index contributed by atoms with van der Waals surface area (Å²) < 4.78 is 5.52. The molecule has 22 heavy (non-hydrogen) atoms. The van der Waals surface area contributed by atoms with Gasteiger partial charge in [-0.25, -0.2) is 0 Å². The number of nitrogens with one attached hydrogen (secondary N) is 2. The van der Waals surface area contributed by atoms with E-state index in [0.717, 1.165) is 58.8 Å². The summed E-state index contributed by atoms with van der Waals surface area (Å²) in [5.41, 5.74) is 0.185. The Kier molecular flexibility index (Phi) is 5.71. The summed E-state index contributed by atoms with van der Waals surface area (Å²) in [5, 5.41) is 6.64. The lowest BCUT2D eigenvalue weighted by Crippen LogP contribution is -2.60. The Morgan fingerprint density at radius 1 is 1.14 bits per heavy atom. The molecular weight excluding hydrogens is 278 g/mol. The number of amides is 1. The van der Waals surface area contributed by atoms with Gasteiger partial charge in [0.1, 0.15) is 0 Å². The van der Waals surface area contributed by atoms with Crippen molar-refractivity contribution in [1.82, 2.24) is 15.5 Å². The van der Waals surface area contributed by atoms with Gasteiger partial charge in [0.15, 0.2) is 0 Å². The van der Waals surface area contributed by atoms with Crippen LogP contribution in [0.1, 0.15) is 44.9 Å². The molecule has 3 fully saturated rings. The summed E-state index contributed by atoms with van der Waals surface area (Å²) in [6.45, 7) is 6.50. The Hall–Kier alpha value is -0.650. The lowest BCUT2D eigenvalue weighted by atomic mass is 9.79. The van der Waals surface area contributed by atoms with Crippen LogP contribution in [0.3, 0.4) is 0 Å². The molecule has 3 aliphatic rings. The Bertz CT molecular complexity index is 357. The van der Waals surface area contributed by atoms with Crippen LogP contribution in [-0.2, 0) is 9.53 Å². The largest absolute Gasteiger partial charge is 0.379 e. The first-order valence-electron chi connectivity index (χ1n) is 9.11. The normalized spacial score (nSPS) is 27.5. The lowest BCUT2D eigenvalue weighted by Gasteiger charge is -2.48. The van der Waals surface area contributed by atoms with Crippen LogP contribution in [0.2, 0.25) is 0 Å². The number of piperidine rings is 1. The fourth-order valence-electron chi connectivity index (χ4n) is 4.33. The van der Waals surface area contributed by atoms with E-state index in [0.29, 0.717) is 0 Å². The fourth-order valence-corrected chi connectivity index (χ4v) is 4.33. The summed E-state index contributed by atoms with van der Waals surface area (Å²) in [5.74, 6) is 0.492. The minimum Gasteiger partial charge on any atom is -0.379 e. The van der Waals surface area contributed by atoms with Gasteiger partial charge in [-0.3, -0.25) is 9.69 Å². The molecule has 5 nitrogen and oxygen atoms in total. The zero-order valence-corrected chi connectivity index (χ0v) is 13.7. The molecule has 3 rings (SSSR count). The molecule has 0 unspecified atom stereocenters.